The van der Waals surface area contributed by atoms with Crippen molar-refractivity contribution in [2.45, 2.75) is 33.2 Å². The molecule has 1 aromatic carbocycles. The van der Waals surface area contributed by atoms with Crippen molar-refractivity contribution in [1.29, 1.82) is 0 Å². The number of nitrogens with one attached hydrogen (secondary N) is 1. The first kappa shape index (κ1) is 21.2. The van der Waals surface area contributed by atoms with Crippen molar-refractivity contribution >= 4 is 17.3 Å². The number of aryl methyl sites for hydroxylation is 1. The lowest BCUT2D eigenvalue weighted by Crippen LogP contribution is -2.24. The topological polar surface area (TPSA) is 63.8 Å². The van der Waals surface area contributed by atoms with E-state index >= 15 is 0 Å². The van der Waals surface area contributed by atoms with Crippen molar-refractivity contribution in [3.05, 3.63) is 77.1 Å². The predicted molar refractivity (Wildman–Crippen MR) is 117 cm³/mol. The lowest BCUT2D eigenvalue weighted by Gasteiger charge is -2.21. The Kier molecular flexibility index (Phi) is 6.83. The van der Waals surface area contributed by atoms with E-state index in [1.165, 1.54) is 12.1 Å². The van der Waals surface area contributed by atoms with E-state index in [2.05, 4.69) is 29.1 Å². The van der Waals surface area contributed by atoms with Crippen LogP contribution in [-0.4, -0.2) is 16.5 Å². The van der Waals surface area contributed by atoms with Gasteiger partial charge in [0.25, 0.3) is 0 Å². The van der Waals surface area contributed by atoms with Gasteiger partial charge in [-0.05, 0) is 54.6 Å². The second kappa shape index (κ2) is 9.33. The number of nitrogens with two attached hydrogens (primary N) is 1. The van der Waals surface area contributed by atoms with E-state index in [1.54, 1.807) is 24.7 Å². The molecule has 2 heterocycles. The Morgan fingerprint density at radius 1 is 1.14 bits per heavy atom. The minimum absolute atomic E-state index is 0.0732. The van der Waals surface area contributed by atoms with Crippen LogP contribution < -0.4 is 11.1 Å². The van der Waals surface area contributed by atoms with Gasteiger partial charge in [-0.2, -0.15) is 0 Å². The van der Waals surface area contributed by atoms with Gasteiger partial charge >= 0.3 is 0 Å². The van der Waals surface area contributed by atoms with Crippen LogP contribution in [0.3, 0.4) is 0 Å². The van der Waals surface area contributed by atoms with Crippen LogP contribution in [0.4, 0.5) is 10.1 Å². The lowest BCUT2D eigenvalue weighted by atomic mass is 9.87. The summed E-state index contributed by atoms with van der Waals surface area (Å²) in [6, 6.07) is 10.5. The largest absolute Gasteiger partial charge is 0.380 e. The fourth-order valence-electron chi connectivity index (χ4n) is 2.94. The summed E-state index contributed by atoms with van der Waals surface area (Å²) in [5, 5.41) is 3.86. The number of nitrogens with zero attached hydrogens (tertiary/aromatic N) is 2. The van der Waals surface area contributed by atoms with Crippen LogP contribution in [0.2, 0.25) is 5.02 Å². The number of halogens is 2. The van der Waals surface area contributed by atoms with Gasteiger partial charge in [0, 0.05) is 42.0 Å². The Bertz CT molecular complexity index is 975. The maximum atomic E-state index is 13.4. The van der Waals surface area contributed by atoms with E-state index in [0.29, 0.717) is 18.1 Å². The molecule has 0 amide bonds. The van der Waals surface area contributed by atoms with Crippen LogP contribution in [0, 0.1) is 11.2 Å². The minimum atomic E-state index is -0.245. The van der Waals surface area contributed by atoms with Gasteiger partial charge in [0.05, 0.1) is 10.7 Å². The van der Waals surface area contributed by atoms with E-state index in [1.807, 2.05) is 18.2 Å². The highest BCUT2D eigenvalue weighted by Crippen LogP contribution is 2.30. The normalized spacial score (nSPS) is 11.5. The van der Waals surface area contributed by atoms with Gasteiger partial charge in [-0.3, -0.25) is 9.97 Å². The Morgan fingerprint density at radius 3 is 2.72 bits per heavy atom. The summed E-state index contributed by atoms with van der Waals surface area (Å²) in [6.45, 7) is 5.45. The lowest BCUT2D eigenvalue weighted by molar-refractivity contribution is 0.346. The van der Waals surface area contributed by atoms with E-state index < -0.39 is 0 Å². The molecular weight excluding hydrogens is 387 g/mol. The average molecular weight is 413 g/mol. The standard InChI is InChI=1S/C23H26ClFN4/c1-23(2,15-26)7-6-19-10-21(22(24)14-29-19)17-9-20(13-27-12-17)28-11-16-4-3-5-18(25)8-16/h3-5,8-10,12-14,28H,6-7,11,15,26H2,1-2H3. The number of hydrogen-bond donors (Lipinski definition) is 2. The molecule has 3 rings (SSSR count). The highest BCUT2D eigenvalue weighted by atomic mass is 35.5. The summed E-state index contributed by atoms with van der Waals surface area (Å²) < 4.78 is 13.4. The van der Waals surface area contributed by atoms with E-state index in [0.717, 1.165) is 40.9 Å². The average Bonchev–Trinajstić information content (AvgIpc) is 2.72. The molecule has 3 aromatic rings. The zero-order valence-electron chi connectivity index (χ0n) is 16.8. The summed E-state index contributed by atoms with van der Waals surface area (Å²) in [7, 11) is 0. The number of benzene rings is 1. The molecule has 0 aliphatic carbocycles. The SMILES string of the molecule is CC(C)(CN)CCc1cc(-c2cncc(NCc3cccc(F)c3)c2)c(Cl)cn1. The van der Waals surface area contributed by atoms with Crippen molar-refractivity contribution in [3.8, 4) is 11.1 Å². The minimum Gasteiger partial charge on any atom is -0.380 e. The Labute approximate surface area is 176 Å². The predicted octanol–water partition coefficient (Wildman–Crippen LogP) is 5.47. The van der Waals surface area contributed by atoms with Gasteiger partial charge in [0.1, 0.15) is 5.82 Å². The summed E-state index contributed by atoms with van der Waals surface area (Å²) in [4.78, 5) is 8.79. The quantitative estimate of drug-likeness (QED) is 0.515. The number of anilines is 1. The number of pyridine rings is 2. The molecular formula is C23H26ClFN4. The van der Waals surface area contributed by atoms with Crippen LogP contribution >= 0.6 is 11.6 Å². The van der Waals surface area contributed by atoms with Crippen molar-refractivity contribution in [2.75, 3.05) is 11.9 Å². The molecule has 6 heteroatoms. The van der Waals surface area contributed by atoms with Gasteiger partial charge in [0.2, 0.25) is 0 Å². The molecule has 29 heavy (non-hydrogen) atoms. The summed E-state index contributed by atoms with van der Waals surface area (Å²) in [5.41, 5.74) is 10.4. The second-order valence-electron chi connectivity index (χ2n) is 7.97. The molecule has 3 N–H and O–H groups in total. The van der Waals surface area contributed by atoms with Crippen LogP contribution in [-0.2, 0) is 13.0 Å². The van der Waals surface area contributed by atoms with Crippen molar-refractivity contribution in [2.24, 2.45) is 11.1 Å². The molecule has 0 atom stereocenters. The van der Waals surface area contributed by atoms with Crippen LogP contribution in [0.1, 0.15) is 31.5 Å². The first-order valence-electron chi connectivity index (χ1n) is 9.64. The highest BCUT2D eigenvalue weighted by Gasteiger charge is 2.16. The van der Waals surface area contributed by atoms with Crippen LogP contribution in [0.5, 0.6) is 0 Å². The van der Waals surface area contributed by atoms with Crippen LogP contribution in [0.25, 0.3) is 11.1 Å². The molecule has 0 unspecified atom stereocenters. The van der Waals surface area contributed by atoms with Gasteiger partial charge in [-0.15, -0.1) is 0 Å². The van der Waals surface area contributed by atoms with Gasteiger partial charge in [-0.1, -0.05) is 37.6 Å². The van der Waals surface area contributed by atoms with Gasteiger partial charge in [0.15, 0.2) is 0 Å². The van der Waals surface area contributed by atoms with E-state index in [9.17, 15) is 4.39 Å². The molecule has 4 nitrogen and oxygen atoms in total. The molecule has 0 aliphatic heterocycles. The third-order valence-corrected chi connectivity index (χ3v) is 5.26. The molecule has 0 saturated carbocycles. The summed E-state index contributed by atoms with van der Waals surface area (Å²) in [5.74, 6) is -0.245. The smallest absolute Gasteiger partial charge is 0.123 e. The number of hydrogen-bond acceptors (Lipinski definition) is 4. The first-order chi connectivity index (χ1) is 13.9. The molecule has 0 spiro atoms. The molecule has 0 saturated heterocycles. The zero-order chi connectivity index (χ0) is 20.9. The molecule has 0 aliphatic rings. The van der Waals surface area contributed by atoms with Gasteiger partial charge in [-0.25, -0.2) is 4.39 Å². The zero-order valence-corrected chi connectivity index (χ0v) is 17.5. The molecule has 0 fully saturated rings. The molecule has 0 radical (unpaired) electrons. The fourth-order valence-corrected chi connectivity index (χ4v) is 3.16. The second-order valence-corrected chi connectivity index (χ2v) is 8.38. The molecule has 0 bridgehead atoms. The van der Waals surface area contributed by atoms with E-state index in [4.69, 9.17) is 17.3 Å². The van der Waals surface area contributed by atoms with Crippen molar-refractivity contribution < 1.29 is 4.39 Å². The number of aromatic nitrogens is 2. The van der Waals surface area contributed by atoms with Gasteiger partial charge < -0.3 is 11.1 Å². The van der Waals surface area contributed by atoms with E-state index in [-0.39, 0.29) is 11.2 Å². The first-order valence-corrected chi connectivity index (χ1v) is 10.0. The summed E-state index contributed by atoms with van der Waals surface area (Å²) in [6.07, 6.45) is 6.99. The number of rotatable bonds is 8. The Morgan fingerprint density at radius 2 is 1.97 bits per heavy atom. The maximum Gasteiger partial charge on any atom is 0.123 e. The Hall–Kier alpha value is -2.50. The molecule has 2 aromatic heterocycles. The third kappa shape index (κ3) is 5.99. The maximum absolute atomic E-state index is 13.4. The monoisotopic (exact) mass is 412 g/mol. The van der Waals surface area contributed by atoms with Crippen molar-refractivity contribution in [1.82, 2.24) is 9.97 Å². The third-order valence-electron chi connectivity index (χ3n) is 4.96. The molecule has 152 valence electrons. The van der Waals surface area contributed by atoms with Crippen LogP contribution in [0.15, 0.2) is 55.0 Å². The Balaban J connectivity index is 1.76. The highest BCUT2D eigenvalue weighted by molar-refractivity contribution is 6.33. The summed E-state index contributed by atoms with van der Waals surface area (Å²) >= 11 is 6.42. The fraction of sp³-hybridized carbons (Fsp3) is 0.304. The van der Waals surface area contributed by atoms with Crippen molar-refractivity contribution in [3.63, 3.8) is 0 Å².